The van der Waals surface area contributed by atoms with Crippen molar-refractivity contribution < 1.29 is 8.83 Å². The van der Waals surface area contributed by atoms with Crippen LogP contribution in [-0.2, 0) is 0 Å². The Kier molecular flexibility index (Phi) is 18.4. The number of nitrogens with zero attached hydrogens (tertiary/aromatic N) is 3. The van der Waals surface area contributed by atoms with Gasteiger partial charge in [-0.2, -0.15) is 0 Å². The number of hydrogen-bond acceptors (Lipinski definition) is 4. The van der Waals surface area contributed by atoms with Crippen LogP contribution in [0.3, 0.4) is 0 Å². The Morgan fingerprint density at radius 3 is 1.03 bits per heavy atom. The lowest BCUT2D eigenvalue weighted by Gasteiger charge is -2.25. The van der Waals surface area contributed by atoms with Crippen molar-refractivity contribution in [3.8, 4) is 78.1 Å². The lowest BCUT2D eigenvalue weighted by molar-refractivity contribution is 0.668. The molecule has 1 N–H and O–H groups in total. The van der Waals surface area contributed by atoms with E-state index in [0.717, 1.165) is 105 Å². The first-order chi connectivity index (χ1) is 57.0. The summed E-state index contributed by atoms with van der Waals surface area (Å²) in [4.78, 5) is 2.29. The third-order valence-corrected chi connectivity index (χ3v) is 22.6. The third kappa shape index (κ3) is 13.3. The molecule has 0 bridgehead atoms. The highest BCUT2D eigenvalue weighted by atomic mass is 79.9. The van der Waals surface area contributed by atoms with Crippen LogP contribution in [0.25, 0.3) is 166 Å². The van der Waals surface area contributed by atoms with Crippen LogP contribution in [0.2, 0.25) is 0 Å². The van der Waals surface area contributed by atoms with Gasteiger partial charge < -0.3 is 28.2 Å². The summed E-state index contributed by atoms with van der Waals surface area (Å²) in [6.45, 7) is 0. The molecule has 0 radical (unpaired) electrons. The van der Waals surface area contributed by atoms with Gasteiger partial charge in [0.05, 0.1) is 32.2 Å². The van der Waals surface area contributed by atoms with E-state index in [1.165, 1.54) is 93.8 Å². The number of aromatic nitrogens is 2. The number of furan rings is 2. The van der Waals surface area contributed by atoms with E-state index in [2.05, 4.69) is 442 Å². The molecule has 0 atom stereocenters. The maximum absolute atomic E-state index is 6.98. The van der Waals surface area contributed by atoms with Gasteiger partial charge in [0, 0.05) is 88.3 Å². The minimum absolute atomic E-state index is 0.857. The molecule has 4 aromatic heterocycles. The Hall–Kier alpha value is -14.8. The number of nitrogens with one attached hydrogen (secondary N) is 1. The first-order valence-electron chi connectivity index (χ1n) is 38.9. The second-order valence-corrected chi connectivity index (χ2v) is 29.7. The van der Waals surface area contributed by atoms with E-state index in [-0.39, 0.29) is 0 Å². The summed E-state index contributed by atoms with van der Waals surface area (Å²) < 4.78 is 19.0. The molecule has 0 unspecified atom stereocenters. The van der Waals surface area contributed by atoms with Crippen LogP contribution in [0.1, 0.15) is 0 Å². The predicted molar refractivity (Wildman–Crippen MR) is 487 cm³/mol. The molecule has 0 aliphatic heterocycles. The van der Waals surface area contributed by atoms with Crippen LogP contribution in [-0.4, -0.2) is 9.13 Å². The number of anilines is 5. The predicted octanol–water partition coefficient (Wildman–Crippen LogP) is 31.0. The van der Waals surface area contributed by atoms with Crippen LogP contribution in [0.15, 0.2) is 450 Å². The van der Waals surface area contributed by atoms with Gasteiger partial charge >= 0.3 is 0 Å². The average molecular weight is 1540 g/mol. The van der Waals surface area contributed by atoms with Gasteiger partial charge in [-0.3, -0.25) is 0 Å². The lowest BCUT2D eigenvalue weighted by Crippen LogP contribution is -2.10. The summed E-state index contributed by atoms with van der Waals surface area (Å²) in [7, 11) is 0. The van der Waals surface area contributed by atoms with Crippen molar-refractivity contribution in [2.24, 2.45) is 0 Å². The Morgan fingerprint density at radius 1 is 0.217 bits per heavy atom. The summed E-state index contributed by atoms with van der Waals surface area (Å²) >= 11 is 3.64. The Balaban J connectivity index is 0.000000126. The highest BCUT2D eigenvalue weighted by Gasteiger charge is 2.23. The fraction of sp³-hybridized carbons (Fsp3) is 0. The van der Waals surface area contributed by atoms with Crippen molar-refractivity contribution in [1.82, 2.24) is 9.13 Å². The van der Waals surface area contributed by atoms with Gasteiger partial charge in [-0.15, -0.1) is 0 Å². The second-order valence-electron chi connectivity index (χ2n) is 28.9. The molecular formula is C108H73BrN4O2. The Morgan fingerprint density at radius 2 is 0.539 bits per heavy atom. The van der Waals surface area contributed by atoms with E-state index in [0.29, 0.717) is 0 Å². The van der Waals surface area contributed by atoms with Crippen LogP contribution in [0.5, 0.6) is 0 Å². The average Bonchev–Trinajstić information content (AvgIpc) is 1.64. The quantitative estimate of drug-likeness (QED) is 0.125. The summed E-state index contributed by atoms with van der Waals surface area (Å²) in [5, 5.41) is 12.8. The SMILES string of the molecule is Brc1cccc2c1oc1c(-c3ccc(-c4ccc5c(c4)c4ccccc4n5-c4ccccc4)cc3)cccc12.c1ccc(-c2ccc(N(c3ccccc3)c3cccc4c3oc3c(-c5ccc(-c6ccc7c(c6)c6ccccc6n7-c6ccccc6)cc5)cccc34)cc2)cc1.c1ccc(Nc2ccc(-c3ccccc3)cc2)cc1. The molecule has 544 valence electrons. The Labute approximate surface area is 674 Å². The maximum atomic E-state index is 6.98. The van der Waals surface area contributed by atoms with E-state index < -0.39 is 0 Å². The van der Waals surface area contributed by atoms with Gasteiger partial charge in [-0.25, -0.2) is 0 Å². The fourth-order valence-electron chi connectivity index (χ4n) is 16.4. The molecule has 0 fully saturated rings. The molecular weight excluding hydrogens is 1470 g/mol. The van der Waals surface area contributed by atoms with Crippen molar-refractivity contribution in [3.63, 3.8) is 0 Å². The molecule has 18 aromatic carbocycles. The number of rotatable bonds is 13. The largest absolute Gasteiger partial charge is 0.454 e. The molecule has 4 heterocycles. The van der Waals surface area contributed by atoms with E-state index in [1.807, 2.05) is 30.3 Å². The van der Waals surface area contributed by atoms with Crippen LogP contribution in [0.4, 0.5) is 28.4 Å². The number of halogens is 1. The highest BCUT2D eigenvalue weighted by molar-refractivity contribution is 9.10. The number of para-hydroxylation sites is 10. The van der Waals surface area contributed by atoms with E-state index >= 15 is 0 Å². The van der Waals surface area contributed by atoms with Crippen molar-refractivity contribution in [2.45, 2.75) is 0 Å². The zero-order valence-corrected chi connectivity index (χ0v) is 64.2. The number of hydrogen-bond donors (Lipinski definition) is 1. The molecule has 22 rings (SSSR count). The van der Waals surface area contributed by atoms with Gasteiger partial charge in [0.15, 0.2) is 5.58 Å². The summed E-state index contributed by atoms with van der Waals surface area (Å²) in [5.74, 6) is 0. The molecule has 0 aliphatic rings. The van der Waals surface area contributed by atoms with Crippen molar-refractivity contribution in [2.75, 3.05) is 10.2 Å². The molecule has 0 saturated heterocycles. The maximum Gasteiger partial charge on any atom is 0.159 e. The van der Waals surface area contributed by atoms with Gasteiger partial charge in [0.2, 0.25) is 0 Å². The molecule has 115 heavy (non-hydrogen) atoms. The monoisotopic (exact) mass is 1540 g/mol. The first kappa shape index (κ1) is 69.4. The molecule has 0 amide bonds. The lowest BCUT2D eigenvalue weighted by atomic mass is 9.98. The van der Waals surface area contributed by atoms with Gasteiger partial charge in [-0.05, 0) is 193 Å². The van der Waals surface area contributed by atoms with Gasteiger partial charge in [0.25, 0.3) is 0 Å². The third-order valence-electron chi connectivity index (χ3n) is 22.0. The van der Waals surface area contributed by atoms with Crippen LogP contribution < -0.4 is 10.2 Å². The fourth-order valence-corrected chi connectivity index (χ4v) is 16.9. The zero-order valence-electron chi connectivity index (χ0n) is 62.6. The molecule has 7 heteroatoms. The van der Waals surface area contributed by atoms with E-state index in [9.17, 15) is 0 Å². The van der Waals surface area contributed by atoms with Crippen molar-refractivity contribution in [3.05, 3.63) is 441 Å². The van der Waals surface area contributed by atoms with Gasteiger partial charge in [-0.1, -0.05) is 315 Å². The molecule has 0 aliphatic carbocycles. The smallest absolute Gasteiger partial charge is 0.159 e. The number of fused-ring (bicyclic) bond motifs is 12. The molecule has 0 saturated carbocycles. The van der Waals surface area contributed by atoms with Crippen LogP contribution in [0, 0.1) is 0 Å². The van der Waals surface area contributed by atoms with Gasteiger partial charge in [0.1, 0.15) is 16.7 Å². The minimum Gasteiger partial charge on any atom is -0.454 e. The molecule has 0 spiro atoms. The molecule has 6 nitrogen and oxygen atoms in total. The standard InChI is InChI=1S/C54H36N2O.C36H22BrNO.C18H15N/c1-4-14-37(15-5-1)38-30-33-44(34-31-38)55(42-16-6-2-7-17-42)52-25-13-23-48-47-22-12-21-45(53(47)57-54(48)52)40-28-26-39(27-29-40)41-32-35-51-49(36-41)46-20-10-11-24-50(46)56(51)43-18-8-3-9-19-43;37-32-14-7-13-30-29-12-6-11-27(35(29)39-36(30)32)24-18-16-23(17-19-24)25-20-21-34-31(22-25)28-10-4-5-15-33(28)38(34)26-8-2-1-3-9-26;1-3-7-15(8-4-1)16-11-13-18(14-12-16)19-17-9-5-2-6-10-17/h1-36H;1-22H;1-14,19H. The first-order valence-corrected chi connectivity index (χ1v) is 39.7. The summed E-state index contributed by atoms with van der Waals surface area (Å²) in [6, 6.07) is 154. The topological polar surface area (TPSA) is 51.4 Å². The van der Waals surface area contributed by atoms with E-state index in [1.54, 1.807) is 0 Å². The molecule has 22 aromatic rings. The van der Waals surface area contributed by atoms with Crippen molar-refractivity contribution >= 4 is 132 Å². The normalized spacial score (nSPS) is 11.3. The summed E-state index contributed by atoms with van der Waals surface area (Å²) in [6.07, 6.45) is 0. The zero-order chi connectivity index (χ0) is 76.5. The minimum atomic E-state index is 0.857. The summed E-state index contributed by atoms with van der Waals surface area (Å²) in [5.41, 5.74) is 30.1. The van der Waals surface area contributed by atoms with Crippen LogP contribution >= 0.6 is 15.9 Å². The number of benzene rings is 18. The van der Waals surface area contributed by atoms with Crippen molar-refractivity contribution in [1.29, 1.82) is 0 Å². The highest BCUT2D eigenvalue weighted by Crippen LogP contribution is 2.47. The Bertz CT molecular complexity index is 7250. The second kappa shape index (κ2) is 30.5. The van der Waals surface area contributed by atoms with E-state index in [4.69, 9.17) is 8.83 Å².